The van der Waals surface area contributed by atoms with E-state index >= 15 is 0 Å². The highest BCUT2D eigenvalue weighted by Crippen LogP contribution is 2.46. The van der Waals surface area contributed by atoms with Gasteiger partial charge in [-0.1, -0.05) is 24.3 Å². The number of carbonyl (C=O) groups excluding carboxylic acids is 3. The van der Waals surface area contributed by atoms with Crippen LogP contribution in [-0.4, -0.2) is 69.6 Å². The number of ether oxygens (including phenoxy) is 1. The molecule has 2 aliphatic rings. The summed E-state index contributed by atoms with van der Waals surface area (Å²) in [6.07, 6.45) is 4.57. The number of hydrogen-bond acceptors (Lipinski definition) is 8. The number of rotatable bonds is 8. The molecule has 4 aromatic rings. The fourth-order valence-corrected chi connectivity index (χ4v) is 6.40. The second-order valence-electron chi connectivity index (χ2n) is 10.4. The van der Waals surface area contributed by atoms with Crippen molar-refractivity contribution in [1.29, 1.82) is 0 Å². The Morgan fingerprint density at radius 2 is 1.98 bits per heavy atom. The predicted octanol–water partition coefficient (Wildman–Crippen LogP) is 5.02. The van der Waals surface area contributed by atoms with E-state index in [9.17, 15) is 19.2 Å². The minimum absolute atomic E-state index is 0.0209. The first-order chi connectivity index (χ1) is 21.8. The summed E-state index contributed by atoms with van der Waals surface area (Å²) in [4.78, 5) is 63.4. The number of thiophene rings is 1. The highest BCUT2D eigenvalue weighted by atomic mass is 32.1. The molecule has 5 amide bonds. The average Bonchev–Trinajstić information content (AvgIpc) is 3.40. The molecule has 2 aliphatic heterocycles. The first-order valence-electron chi connectivity index (χ1n) is 14.2. The molecule has 0 aliphatic carbocycles. The van der Waals surface area contributed by atoms with Crippen LogP contribution in [0.25, 0.3) is 10.2 Å². The molecule has 6 rings (SSSR count). The number of nitrogens with one attached hydrogen (secondary N) is 3. The van der Waals surface area contributed by atoms with E-state index < -0.39 is 12.1 Å². The van der Waals surface area contributed by atoms with Crippen molar-refractivity contribution in [2.45, 2.75) is 25.8 Å². The molecule has 230 valence electrons. The molecule has 3 aromatic heterocycles. The zero-order chi connectivity index (χ0) is 31.5. The third-order valence-corrected chi connectivity index (χ3v) is 8.49. The second kappa shape index (κ2) is 12.6. The first kappa shape index (κ1) is 29.6. The van der Waals surface area contributed by atoms with Gasteiger partial charge in [-0.15, -0.1) is 11.3 Å². The van der Waals surface area contributed by atoms with Crippen molar-refractivity contribution < 1.29 is 29.0 Å². The lowest BCUT2D eigenvalue weighted by atomic mass is 10.1. The monoisotopic (exact) mass is 627 g/mol. The summed E-state index contributed by atoms with van der Waals surface area (Å²) in [6.45, 7) is 2.65. The molecule has 0 spiro atoms. The van der Waals surface area contributed by atoms with Crippen LogP contribution in [0.1, 0.15) is 28.2 Å². The number of likely N-dealkylation sites (tertiary alicyclic amines) is 1. The molecular formula is C31H29N7O6S. The van der Waals surface area contributed by atoms with Gasteiger partial charge in [0.15, 0.2) is 0 Å². The first-order valence-corrected chi connectivity index (χ1v) is 15.1. The SMILES string of the molecule is Cc1nc(Oc2ccccc2)ccc1N1C(=O)Nc2c(C(=O)NC3CCCN(C(=O)C=CCNC(=O)O)C3)sc3nccc1c23. The molecule has 5 heterocycles. The number of carboxylic acid groups (broad SMARTS) is 1. The number of aryl methyl sites for hydroxylation is 1. The number of aromatic nitrogens is 2. The van der Waals surface area contributed by atoms with Crippen LogP contribution in [0, 0.1) is 6.92 Å². The number of anilines is 3. The summed E-state index contributed by atoms with van der Waals surface area (Å²) in [6, 6.07) is 13.7. The molecule has 4 N–H and O–H groups in total. The Balaban J connectivity index is 1.20. The van der Waals surface area contributed by atoms with Crippen molar-refractivity contribution in [2.24, 2.45) is 0 Å². The molecule has 0 saturated carbocycles. The maximum Gasteiger partial charge on any atom is 0.404 e. The van der Waals surface area contributed by atoms with E-state index in [-0.39, 0.29) is 24.4 Å². The molecule has 14 heteroatoms. The quantitative estimate of drug-likeness (QED) is 0.198. The van der Waals surface area contributed by atoms with Crippen LogP contribution in [0.15, 0.2) is 66.9 Å². The maximum atomic E-state index is 13.6. The molecule has 1 saturated heterocycles. The lowest BCUT2D eigenvalue weighted by Gasteiger charge is -2.32. The number of amides is 5. The van der Waals surface area contributed by atoms with Crippen LogP contribution < -0.4 is 25.6 Å². The summed E-state index contributed by atoms with van der Waals surface area (Å²) in [5.41, 5.74) is 2.10. The van der Waals surface area contributed by atoms with Gasteiger partial charge >= 0.3 is 12.1 Å². The Morgan fingerprint density at radius 3 is 2.76 bits per heavy atom. The van der Waals surface area contributed by atoms with E-state index in [1.165, 1.54) is 28.4 Å². The number of hydrogen-bond donors (Lipinski definition) is 4. The normalized spacial score (nSPS) is 16.0. The zero-order valence-electron chi connectivity index (χ0n) is 24.1. The fraction of sp³-hybridized carbons (Fsp3) is 0.226. The standard InChI is InChI=1S/C31H29N7O6S/c1-18-21(11-12-23(34-18)44-20-8-3-2-4-9-20)38-22-13-15-32-29-25(22)26(36-30(38)41)27(45-29)28(40)35-19-7-6-16-37(17-19)24(39)10-5-14-33-31(42)43/h2-5,8-13,15,19,33H,6-7,14,16-17H2,1H3,(H,35,40)(H,36,41)(H,42,43). The molecule has 45 heavy (non-hydrogen) atoms. The number of benzene rings is 1. The van der Waals surface area contributed by atoms with Crippen LogP contribution in [0.3, 0.4) is 0 Å². The van der Waals surface area contributed by atoms with Gasteiger partial charge in [0.2, 0.25) is 11.8 Å². The molecule has 1 unspecified atom stereocenters. The number of carbonyl (C=O) groups is 4. The predicted molar refractivity (Wildman–Crippen MR) is 169 cm³/mol. The number of pyridine rings is 2. The summed E-state index contributed by atoms with van der Waals surface area (Å²) in [7, 11) is 0. The van der Waals surface area contributed by atoms with E-state index in [4.69, 9.17) is 9.84 Å². The molecule has 1 aromatic carbocycles. The van der Waals surface area contributed by atoms with E-state index in [0.29, 0.717) is 75.4 Å². The van der Waals surface area contributed by atoms with Gasteiger partial charge in [-0.25, -0.2) is 19.6 Å². The van der Waals surface area contributed by atoms with Crippen LogP contribution in [0.5, 0.6) is 11.6 Å². The van der Waals surface area contributed by atoms with Gasteiger partial charge in [-0.3, -0.25) is 14.5 Å². The van der Waals surface area contributed by atoms with E-state index in [1.54, 1.807) is 36.2 Å². The smallest absolute Gasteiger partial charge is 0.404 e. The molecule has 13 nitrogen and oxygen atoms in total. The summed E-state index contributed by atoms with van der Waals surface area (Å²) >= 11 is 1.18. The van der Waals surface area contributed by atoms with Gasteiger partial charge in [-0.05, 0) is 44.0 Å². The van der Waals surface area contributed by atoms with Crippen molar-refractivity contribution in [1.82, 2.24) is 25.5 Å². The molecular weight excluding hydrogens is 598 g/mol. The largest absolute Gasteiger partial charge is 0.465 e. The van der Waals surface area contributed by atoms with Crippen molar-refractivity contribution in [3.8, 4) is 11.6 Å². The Morgan fingerprint density at radius 1 is 1.16 bits per heavy atom. The van der Waals surface area contributed by atoms with Gasteiger partial charge < -0.3 is 30.7 Å². The third-order valence-electron chi connectivity index (χ3n) is 7.39. The summed E-state index contributed by atoms with van der Waals surface area (Å²) in [5, 5.41) is 17.4. The minimum atomic E-state index is -1.17. The highest BCUT2D eigenvalue weighted by Gasteiger charge is 2.34. The lowest BCUT2D eigenvalue weighted by Crippen LogP contribution is -2.49. The van der Waals surface area contributed by atoms with Crippen LogP contribution in [0.2, 0.25) is 0 Å². The Labute approximate surface area is 261 Å². The topological polar surface area (TPSA) is 166 Å². The van der Waals surface area contributed by atoms with Crippen molar-refractivity contribution in [2.75, 3.05) is 29.9 Å². The third kappa shape index (κ3) is 6.26. The lowest BCUT2D eigenvalue weighted by molar-refractivity contribution is -0.127. The Bertz CT molecular complexity index is 1830. The number of urea groups is 1. The van der Waals surface area contributed by atoms with Gasteiger partial charge in [0.05, 0.1) is 28.1 Å². The number of para-hydroxylation sites is 1. The van der Waals surface area contributed by atoms with E-state index in [2.05, 4.69) is 25.9 Å². The number of nitrogens with zero attached hydrogens (tertiary/aromatic N) is 4. The summed E-state index contributed by atoms with van der Waals surface area (Å²) < 4.78 is 5.85. The van der Waals surface area contributed by atoms with Crippen LogP contribution >= 0.6 is 11.3 Å². The van der Waals surface area contributed by atoms with Gasteiger partial charge in [-0.2, -0.15) is 0 Å². The van der Waals surface area contributed by atoms with E-state index in [0.717, 1.165) is 0 Å². The average molecular weight is 628 g/mol. The van der Waals surface area contributed by atoms with Crippen LogP contribution in [-0.2, 0) is 4.79 Å². The van der Waals surface area contributed by atoms with Crippen molar-refractivity contribution in [3.63, 3.8) is 0 Å². The van der Waals surface area contributed by atoms with Gasteiger partial charge in [0.25, 0.3) is 5.91 Å². The minimum Gasteiger partial charge on any atom is -0.465 e. The summed E-state index contributed by atoms with van der Waals surface area (Å²) in [5.74, 6) is 0.411. The van der Waals surface area contributed by atoms with Crippen LogP contribution in [0.4, 0.5) is 26.7 Å². The maximum absolute atomic E-state index is 13.6. The molecule has 1 fully saturated rings. The molecule has 0 radical (unpaired) electrons. The van der Waals surface area contributed by atoms with Crippen molar-refractivity contribution in [3.05, 3.63) is 77.5 Å². The fourth-order valence-electron chi connectivity index (χ4n) is 5.37. The Kier molecular flexibility index (Phi) is 8.29. The number of piperidine rings is 1. The van der Waals surface area contributed by atoms with Gasteiger partial charge in [0, 0.05) is 44.0 Å². The van der Waals surface area contributed by atoms with E-state index in [1.807, 2.05) is 30.3 Å². The van der Waals surface area contributed by atoms with Crippen molar-refractivity contribution >= 4 is 62.6 Å². The highest BCUT2D eigenvalue weighted by molar-refractivity contribution is 7.21. The Hall–Kier alpha value is -5.50. The molecule has 1 atom stereocenters. The van der Waals surface area contributed by atoms with Gasteiger partial charge in [0.1, 0.15) is 15.5 Å². The zero-order valence-corrected chi connectivity index (χ0v) is 25.0. The second-order valence-corrected chi connectivity index (χ2v) is 11.4. The molecule has 0 bridgehead atoms.